The van der Waals surface area contributed by atoms with Crippen molar-refractivity contribution < 1.29 is 37.2 Å². The number of hydrogen-bond acceptors (Lipinski definition) is 5. The predicted molar refractivity (Wildman–Crippen MR) is 60.4 cm³/mol. The minimum Gasteiger partial charge on any atom is -0.459 e. The summed E-state index contributed by atoms with van der Waals surface area (Å²) < 4.78 is 24.3. The quantitative estimate of drug-likeness (QED) is 0.587. The summed E-state index contributed by atoms with van der Waals surface area (Å²) in [5.74, 6) is 0. The Hall–Kier alpha value is -0.393. The molecule has 90 valence electrons. The molecule has 1 unspecified atom stereocenters. The largest absolute Gasteiger partial charge is 1.00 e. The molecule has 0 fully saturated rings. The van der Waals surface area contributed by atoms with E-state index in [-0.39, 0.29) is 29.0 Å². The molecule has 1 atom stereocenters. The number of carbonyl (C=O) groups is 1. The minimum absolute atomic E-state index is 0. The Labute approximate surface area is 118 Å². The van der Waals surface area contributed by atoms with Crippen molar-refractivity contribution in [3.05, 3.63) is 10.7 Å². The van der Waals surface area contributed by atoms with E-state index in [9.17, 15) is 9.00 Å². The maximum Gasteiger partial charge on any atom is 1.00 e. The van der Waals surface area contributed by atoms with Crippen LogP contribution in [0.4, 0.5) is 9.93 Å². The summed E-state index contributed by atoms with van der Waals surface area (Å²) in [7, 11) is 0. The fourth-order valence-corrected chi connectivity index (χ4v) is 1.98. The number of nitrogens with zero attached hydrogens (tertiary/aromatic N) is 2. The molecule has 0 saturated heterocycles. The van der Waals surface area contributed by atoms with Crippen molar-refractivity contribution in [3.8, 4) is 0 Å². The first-order valence-corrected chi connectivity index (χ1v) is 6.28. The van der Waals surface area contributed by atoms with E-state index in [0.29, 0.717) is 0 Å². The Morgan fingerprint density at radius 1 is 1.59 bits per heavy atom. The topological polar surface area (TPSA) is 90.6 Å². The van der Waals surface area contributed by atoms with Crippen LogP contribution in [0.15, 0.2) is 10.4 Å². The molecule has 0 aromatic carbocycles. The van der Waals surface area contributed by atoms with Gasteiger partial charge in [-0.3, -0.25) is 4.79 Å². The molecule has 0 radical (unpaired) electrons. The smallest absolute Gasteiger partial charge is 0.459 e. The molecule has 0 aliphatic rings. The fraction of sp³-hybridized carbons (Fsp3) is 0.500. The zero-order valence-electron chi connectivity index (χ0n) is 9.96. The number of carbonyl (C=O) groups excluding carboxylic acids is 1. The molecule has 0 aliphatic heterocycles. The Bertz CT molecular complexity index is 416. The summed E-state index contributed by atoms with van der Waals surface area (Å²) in [4.78, 5) is 14.9. The van der Waals surface area contributed by atoms with Gasteiger partial charge in [0.25, 0.3) is 0 Å². The van der Waals surface area contributed by atoms with Crippen LogP contribution in [0.2, 0.25) is 0 Å². The van der Waals surface area contributed by atoms with Crippen LogP contribution < -0.4 is 18.9 Å². The average Bonchev–Trinajstić information content (AvgIpc) is 2.48. The van der Waals surface area contributed by atoms with Gasteiger partial charge < -0.3 is 19.6 Å². The molecular weight excluding hydrogens is 259 g/mol. The molecule has 6 nitrogen and oxygen atoms in total. The van der Waals surface area contributed by atoms with Gasteiger partial charge in [0, 0.05) is 10.5 Å². The molecule has 0 spiro atoms. The van der Waals surface area contributed by atoms with Crippen LogP contribution in [0.1, 0.15) is 20.8 Å². The van der Waals surface area contributed by atoms with E-state index in [0.717, 1.165) is 11.3 Å². The average molecular weight is 270 g/mol. The van der Waals surface area contributed by atoms with Crippen LogP contribution in [-0.4, -0.2) is 25.4 Å². The molecule has 1 aromatic heterocycles. The molecule has 17 heavy (non-hydrogen) atoms. The monoisotopic (exact) mass is 270 g/mol. The Morgan fingerprint density at radius 3 is 2.59 bits per heavy atom. The first-order valence-electron chi connectivity index (χ1n) is 4.29. The number of aromatic nitrogens is 1. The standard InChI is InChI=1S/C8H12N2O4S2.Li/c1-8(2,3)14-7(11)10-6-9-5(4-15-6)16(12)13;/h4H,1-3H3,(H2,9,10,11,12,13);/q;+1/p-1. The molecule has 1 aromatic rings. The normalized spacial score (nSPS) is 12.5. The summed E-state index contributed by atoms with van der Waals surface area (Å²) in [6.45, 7) is 5.16. The molecule has 1 heterocycles. The van der Waals surface area contributed by atoms with E-state index in [2.05, 4.69) is 10.3 Å². The Morgan fingerprint density at radius 2 is 2.18 bits per heavy atom. The van der Waals surface area contributed by atoms with Gasteiger partial charge in [-0.05, 0) is 20.8 Å². The first-order chi connectivity index (χ1) is 7.28. The summed E-state index contributed by atoms with van der Waals surface area (Å²) in [6.07, 6.45) is -0.767. The molecule has 9 heteroatoms. The van der Waals surface area contributed by atoms with E-state index in [1.807, 2.05) is 0 Å². The minimum atomic E-state index is -2.15. The van der Waals surface area contributed by atoms with Gasteiger partial charge in [0.15, 0.2) is 11.1 Å². The van der Waals surface area contributed by atoms with Crippen molar-refractivity contribution in [1.82, 2.24) is 4.98 Å². The van der Waals surface area contributed by atoms with Crippen molar-refractivity contribution in [3.63, 3.8) is 0 Å². The SMILES string of the molecule is CC(C)(C)OC(=O)[N-]c1nc(S(=O)O)cs1.[Li+]. The summed E-state index contributed by atoms with van der Waals surface area (Å²) in [5.41, 5.74) is -0.625. The van der Waals surface area contributed by atoms with E-state index < -0.39 is 22.8 Å². The maximum absolute atomic E-state index is 11.2. The number of hydrogen-bond donors (Lipinski definition) is 1. The van der Waals surface area contributed by atoms with E-state index in [1.165, 1.54) is 5.38 Å². The molecule has 1 N–H and O–H groups in total. The maximum atomic E-state index is 11.2. The number of ether oxygens (including phenoxy) is 1. The second-order valence-electron chi connectivity index (χ2n) is 3.81. The fourth-order valence-electron chi connectivity index (χ4n) is 0.744. The van der Waals surface area contributed by atoms with Gasteiger partial charge >= 0.3 is 25.0 Å². The number of thiazole rings is 1. The van der Waals surface area contributed by atoms with E-state index in [1.54, 1.807) is 20.8 Å². The van der Waals surface area contributed by atoms with Crippen LogP contribution in [0.25, 0.3) is 5.32 Å². The van der Waals surface area contributed by atoms with Crippen LogP contribution >= 0.6 is 11.3 Å². The first kappa shape index (κ1) is 16.6. The second kappa shape index (κ2) is 6.52. The van der Waals surface area contributed by atoms with Crippen molar-refractivity contribution in [1.29, 1.82) is 0 Å². The number of rotatable bonds is 2. The van der Waals surface area contributed by atoms with Crippen LogP contribution in [0.3, 0.4) is 0 Å². The van der Waals surface area contributed by atoms with Crippen molar-refractivity contribution in [2.45, 2.75) is 31.4 Å². The van der Waals surface area contributed by atoms with Gasteiger partial charge in [0.2, 0.25) is 0 Å². The third-order valence-corrected chi connectivity index (χ3v) is 2.68. The van der Waals surface area contributed by atoms with Crippen molar-refractivity contribution in [2.24, 2.45) is 0 Å². The van der Waals surface area contributed by atoms with Gasteiger partial charge in [0.05, 0.1) is 5.03 Å². The van der Waals surface area contributed by atoms with E-state index in [4.69, 9.17) is 9.29 Å². The Balaban J connectivity index is 0.00000256. The second-order valence-corrected chi connectivity index (χ2v) is 5.56. The molecule has 1 amide bonds. The molecule has 0 aliphatic carbocycles. The third kappa shape index (κ3) is 6.19. The predicted octanol–water partition coefficient (Wildman–Crippen LogP) is -0.332. The summed E-state index contributed by atoms with van der Waals surface area (Å²) in [6, 6.07) is 0. The zero-order chi connectivity index (χ0) is 12.3. The van der Waals surface area contributed by atoms with Crippen LogP contribution in [0, 0.1) is 0 Å². The zero-order valence-corrected chi connectivity index (χ0v) is 11.6. The van der Waals surface area contributed by atoms with Gasteiger partial charge in [-0.1, -0.05) is 0 Å². The van der Waals surface area contributed by atoms with Crippen LogP contribution in [-0.2, 0) is 15.8 Å². The van der Waals surface area contributed by atoms with Gasteiger partial charge in [0.1, 0.15) is 5.60 Å². The molecule has 0 saturated carbocycles. The van der Waals surface area contributed by atoms with Gasteiger partial charge in [-0.2, -0.15) is 11.3 Å². The summed E-state index contributed by atoms with van der Waals surface area (Å²) >= 11 is -1.15. The van der Waals surface area contributed by atoms with Gasteiger partial charge in [-0.15, -0.1) is 0 Å². The molecule has 1 rings (SSSR count). The molecule has 0 bridgehead atoms. The summed E-state index contributed by atoms with van der Waals surface area (Å²) in [5, 5.41) is 4.99. The van der Waals surface area contributed by atoms with Crippen molar-refractivity contribution >= 4 is 33.6 Å². The van der Waals surface area contributed by atoms with Gasteiger partial charge in [-0.25, -0.2) is 4.21 Å². The van der Waals surface area contributed by atoms with Crippen molar-refractivity contribution in [2.75, 3.05) is 0 Å². The third-order valence-electron chi connectivity index (χ3n) is 1.23. The Kier molecular flexibility index (Phi) is 6.37. The van der Waals surface area contributed by atoms with Crippen LogP contribution in [0.5, 0.6) is 0 Å². The van der Waals surface area contributed by atoms with E-state index >= 15 is 0 Å². The molecular formula is C8H11LiN2O4S2. The number of amides is 1.